The van der Waals surface area contributed by atoms with Crippen molar-refractivity contribution < 1.29 is 9.53 Å². The molecule has 0 bridgehead atoms. The molecule has 0 heterocycles. The third-order valence-electron chi connectivity index (χ3n) is 4.96. The molecule has 2 amide bonds. The van der Waals surface area contributed by atoms with Crippen molar-refractivity contribution in [2.24, 2.45) is 0 Å². The van der Waals surface area contributed by atoms with Gasteiger partial charge >= 0.3 is 6.03 Å². The summed E-state index contributed by atoms with van der Waals surface area (Å²) >= 11 is 0. The highest BCUT2D eigenvalue weighted by Gasteiger charge is 2.24. The monoisotopic (exact) mass is 364 g/mol. The molecule has 0 spiro atoms. The number of hydrogen-bond acceptors (Lipinski definition) is 2. The Kier molecular flexibility index (Phi) is 6.91. The SMILES string of the molecule is C=CCN(C(=O)Nc1ccc(OCc2ccccc2)cc1)C1CCCCC1. The predicted octanol–water partition coefficient (Wildman–Crippen LogP) is 5.62. The largest absolute Gasteiger partial charge is 0.489 e. The lowest BCUT2D eigenvalue weighted by atomic mass is 9.94. The lowest BCUT2D eigenvalue weighted by Crippen LogP contribution is -2.43. The molecule has 1 fully saturated rings. The van der Waals surface area contributed by atoms with Crippen molar-refractivity contribution in [1.82, 2.24) is 4.90 Å². The Morgan fingerprint density at radius 3 is 2.44 bits per heavy atom. The number of benzene rings is 2. The van der Waals surface area contributed by atoms with Crippen LogP contribution in [0.3, 0.4) is 0 Å². The molecular weight excluding hydrogens is 336 g/mol. The summed E-state index contributed by atoms with van der Waals surface area (Å²) in [6, 6.07) is 17.8. The molecule has 1 aliphatic carbocycles. The smallest absolute Gasteiger partial charge is 0.322 e. The summed E-state index contributed by atoms with van der Waals surface area (Å²) in [5.74, 6) is 0.784. The van der Waals surface area contributed by atoms with E-state index in [-0.39, 0.29) is 6.03 Å². The van der Waals surface area contributed by atoms with Crippen molar-refractivity contribution >= 4 is 11.7 Å². The van der Waals surface area contributed by atoms with E-state index in [2.05, 4.69) is 11.9 Å². The molecule has 27 heavy (non-hydrogen) atoms. The van der Waals surface area contributed by atoms with Gasteiger partial charge in [-0.15, -0.1) is 6.58 Å². The number of nitrogens with one attached hydrogen (secondary N) is 1. The molecule has 2 aromatic carbocycles. The molecule has 1 aliphatic rings. The third kappa shape index (κ3) is 5.61. The normalized spacial score (nSPS) is 14.4. The minimum Gasteiger partial charge on any atom is -0.489 e. The van der Waals surface area contributed by atoms with Crippen molar-refractivity contribution in [3.05, 3.63) is 72.8 Å². The van der Waals surface area contributed by atoms with E-state index < -0.39 is 0 Å². The van der Waals surface area contributed by atoms with E-state index in [4.69, 9.17) is 4.74 Å². The van der Waals surface area contributed by atoms with Crippen LogP contribution < -0.4 is 10.1 Å². The van der Waals surface area contributed by atoms with Gasteiger partial charge in [0.1, 0.15) is 12.4 Å². The van der Waals surface area contributed by atoms with Crippen molar-refractivity contribution in [2.45, 2.75) is 44.8 Å². The molecular formula is C23H28N2O2. The molecule has 3 rings (SSSR count). The van der Waals surface area contributed by atoms with E-state index in [1.807, 2.05) is 59.5 Å². The number of hydrogen-bond donors (Lipinski definition) is 1. The predicted molar refractivity (Wildman–Crippen MR) is 110 cm³/mol. The summed E-state index contributed by atoms with van der Waals surface area (Å²) in [4.78, 5) is 14.6. The van der Waals surface area contributed by atoms with Crippen LogP contribution in [0.25, 0.3) is 0 Å². The zero-order valence-electron chi connectivity index (χ0n) is 15.8. The van der Waals surface area contributed by atoms with Crippen LogP contribution in [-0.4, -0.2) is 23.5 Å². The number of nitrogens with zero attached hydrogens (tertiary/aromatic N) is 1. The topological polar surface area (TPSA) is 41.6 Å². The van der Waals surface area contributed by atoms with Gasteiger partial charge in [-0.25, -0.2) is 4.79 Å². The van der Waals surface area contributed by atoms with Gasteiger partial charge in [-0.1, -0.05) is 55.7 Å². The summed E-state index contributed by atoms with van der Waals surface area (Å²) in [7, 11) is 0. The summed E-state index contributed by atoms with van der Waals surface area (Å²) in [6.07, 6.45) is 7.61. The number of anilines is 1. The quantitative estimate of drug-likeness (QED) is 0.648. The highest BCUT2D eigenvalue weighted by atomic mass is 16.5. The molecule has 4 heteroatoms. The molecule has 2 aromatic rings. The molecule has 142 valence electrons. The summed E-state index contributed by atoms with van der Waals surface area (Å²) in [6.45, 7) is 4.91. The number of carbonyl (C=O) groups excluding carboxylic acids is 1. The van der Waals surface area contributed by atoms with Crippen LogP contribution >= 0.6 is 0 Å². The maximum absolute atomic E-state index is 12.7. The maximum Gasteiger partial charge on any atom is 0.322 e. The lowest BCUT2D eigenvalue weighted by Gasteiger charge is -2.33. The number of rotatable bonds is 7. The Labute approximate surface area is 161 Å². The van der Waals surface area contributed by atoms with Crippen molar-refractivity contribution in [3.8, 4) is 5.75 Å². The first kappa shape index (κ1) is 19.0. The van der Waals surface area contributed by atoms with Crippen LogP contribution in [0.4, 0.5) is 10.5 Å². The van der Waals surface area contributed by atoms with Crippen LogP contribution in [-0.2, 0) is 6.61 Å². The van der Waals surface area contributed by atoms with E-state index in [9.17, 15) is 4.79 Å². The van der Waals surface area contributed by atoms with Gasteiger partial charge < -0.3 is 15.0 Å². The van der Waals surface area contributed by atoms with Gasteiger partial charge in [0, 0.05) is 18.3 Å². The Morgan fingerprint density at radius 2 is 1.78 bits per heavy atom. The Morgan fingerprint density at radius 1 is 1.07 bits per heavy atom. The second-order valence-corrected chi connectivity index (χ2v) is 6.96. The fourth-order valence-electron chi connectivity index (χ4n) is 3.50. The molecule has 1 saturated carbocycles. The van der Waals surface area contributed by atoms with E-state index in [0.29, 0.717) is 19.2 Å². The number of urea groups is 1. The van der Waals surface area contributed by atoms with Gasteiger partial charge in [0.15, 0.2) is 0 Å². The highest BCUT2D eigenvalue weighted by Crippen LogP contribution is 2.24. The fourth-order valence-corrected chi connectivity index (χ4v) is 3.50. The Balaban J connectivity index is 1.55. The molecule has 0 saturated heterocycles. The van der Waals surface area contributed by atoms with Crippen molar-refractivity contribution in [3.63, 3.8) is 0 Å². The fraction of sp³-hybridized carbons (Fsp3) is 0.348. The number of carbonyl (C=O) groups is 1. The second kappa shape index (κ2) is 9.81. The van der Waals surface area contributed by atoms with Gasteiger partial charge in [-0.2, -0.15) is 0 Å². The first-order valence-electron chi connectivity index (χ1n) is 9.71. The summed E-state index contributed by atoms with van der Waals surface area (Å²) in [5.41, 5.74) is 1.90. The minimum absolute atomic E-state index is 0.0558. The maximum atomic E-state index is 12.7. The van der Waals surface area contributed by atoms with Gasteiger partial charge in [0.05, 0.1) is 0 Å². The molecule has 4 nitrogen and oxygen atoms in total. The van der Waals surface area contributed by atoms with E-state index >= 15 is 0 Å². The third-order valence-corrected chi connectivity index (χ3v) is 4.96. The second-order valence-electron chi connectivity index (χ2n) is 6.96. The van der Waals surface area contributed by atoms with Crippen molar-refractivity contribution in [1.29, 1.82) is 0 Å². The highest BCUT2D eigenvalue weighted by molar-refractivity contribution is 5.89. The molecule has 1 N–H and O–H groups in total. The molecule has 0 radical (unpaired) electrons. The van der Waals surface area contributed by atoms with E-state index in [1.54, 1.807) is 6.08 Å². The van der Waals surface area contributed by atoms with Crippen LogP contribution in [0.5, 0.6) is 5.75 Å². The average Bonchev–Trinajstić information content (AvgIpc) is 2.73. The van der Waals surface area contributed by atoms with E-state index in [0.717, 1.165) is 29.8 Å². The Bertz CT molecular complexity index is 722. The van der Waals surface area contributed by atoms with Crippen LogP contribution in [0, 0.1) is 0 Å². The van der Waals surface area contributed by atoms with Gasteiger partial charge in [0.2, 0.25) is 0 Å². The standard InChI is InChI=1S/C23H28N2O2/c1-2-17-25(21-11-7-4-8-12-21)23(26)24-20-13-15-22(16-14-20)27-18-19-9-5-3-6-10-19/h2-3,5-6,9-10,13-16,21H,1,4,7-8,11-12,17-18H2,(H,24,26). The zero-order chi connectivity index (χ0) is 18.9. The summed E-state index contributed by atoms with van der Waals surface area (Å²) in [5, 5.41) is 3.01. The van der Waals surface area contributed by atoms with Crippen LogP contribution in [0.2, 0.25) is 0 Å². The van der Waals surface area contributed by atoms with Crippen molar-refractivity contribution in [2.75, 3.05) is 11.9 Å². The summed E-state index contributed by atoms with van der Waals surface area (Å²) < 4.78 is 5.80. The van der Waals surface area contributed by atoms with Gasteiger partial charge in [-0.05, 0) is 42.7 Å². The molecule has 0 unspecified atom stereocenters. The van der Waals surface area contributed by atoms with Gasteiger partial charge in [0.25, 0.3) is 0 Å². The van der Waals surface area contributed by atoms with Crippen LogP contribution in [0.1, 0.15) is 37.7 Å². The molecule has 0 aromatic heterocycles. The zero-order valence-corrected chi connectivity index (χ0v) is 15.8. The van der Waals surface area contributed by atoms with Crippen LogP contribution in [0.15, 0.2) is 67.3 Å². The Hall–Kier alpha value is -2.75. The first-order chi connectivity index (χ1) is 13.3. The van der Waals surface area contributed by atoms with E-state index in [1.165, 1.54) is 19.3 Å². The number of ether oxygens (including phenoxy) is 1. The lowest BCUT2D eigenvalue weighted by molar-refractivity contribution is 0.176. The minimum atomic E-state index is -0.0558. The average molecular weight is 364 g/mol. The number of amides is 2. The van der Waals surface area contributed by atoms with Gasteiger partial charge in [-0.3, -0.25) is 0 Å². The molecule has 0 aliphatic heterocycles. The first-order valence-corrected chi connectivity index (χ1v) is 9.71. The molecule has 0 atom stereocenters.